The van der Waals surface area contributed by atoms with Gasteiger partial charge < -0.3 is 9.47 Å². The van der Waals surface area contributed by atoms with Crippen molar-refractivity contribution in [3.05, 3.63) is 52.6 Å². The van der Waals surface area contributed by atoms with Gasteiger partial charge in [-0.25, -0.2) is 4.52 Å². The molecule has 0 aliphatic heterocycles. The van der Waals surface area contributed by atoms with Crippen LogP contribution >= 0.6 is 11.6 Å². The van der Waals surface area contributed by atoms with E-state index in [1.807, 2.05) is 22.7 Å². The van der Waals surface area contributed by atoms with E-state index in [4.69, 9.17) is 26.2 Å². The maximum absolute atomic E-state index is 11.8. The van der Waals surface area contributed by atoms with Crippen LogP contribution in [0.1, 0.15) is 50.6 Å². The van der Waals surface area contributed by atoms with E-state index in [1.165, 1.54) is 6.92 Å². The number of halogens is 1. The second kappa shape index (κ2) is 10.4. The quantitative estimate of drug-likeness (QED) is 0.451. The van der Waals surface area contributed by atoms with Crippen LogP contribution in [0.3, 0.4) is 0 Å². The minimum atomic E-state index is -0.381. The average molecular weight is 444 g/mol. The summed E-state index contributed by atoms with van der Waals surface area (Å²) in [5, 5.41) is 5.31. The fourth-order valence-electron chi connectivity index (χ4n) is 3.59. The predicted molar refractivity (Wildman–Crippen MR) is 118 cm³/mol. The Morgan fingerprint density at radius 1 is 1.16 bits per heavy atom. The van der Waals surface area contributed by atoms with Gasteiger partial charge in [0.25, 0.3) is 0 Å². The molecule has 8 heteroatoms. The number of carbonyl (C=O) groups excluding carboxylic acids is 2. The van der Waals surface area contributed by atoms with E-state index in [2.05, 4.69) is 11.9 Å². The molecule has 0 fully saturated rings. The van der Waals surface area contributed by atoms with Gasteiger partial charge in [-0.1, -0.05) is 18.5 Å². The van der Waals surface area contributed by atoms with E-state index in [0.29, 0.717) is 36.6 Å². The van der Waals surface area contributed by atoms with E-state index in [-0.39, 0.29) is 18.5 Å². The van der Waals surface area contributed by atoms with E-state index in [9.17, 15) is 9.59 Å². The first kappa shape index (κ1) is 22.7. The molecule has 164 valence electrons. The molecular weight excluding hydrogens is 418 g/mol. The normalized spacial score (nSPS) is 11.0. The van der Waals surface area contributed by atoms with Gasteiger partial charge in [-0.2, -0.15) is 5.10 Å². The first-order valence-corrected chi connectivity index (χ1v) is 10.7. The minimum absolute atomic E-state index is 0.0440. The fraction of sp³-hybridized carbons (Fsp3) is 0.391. The van der Waals surface area contributed by atoms with Crippen LogP contribution in [0.25, 0.3) is 16.6 Å². The summed E-state index contributed by atoms with van der Waals surface area (Å²) in [5.41, 5.74) is 5.27. The lowest BCUT2D eigenvalue weighted by atomic mass is 9.95. The number of esters is 2. The molecule has 3 aromatic rings. The van der Waals surface area contributed by atoms with Gasteiger partial charge in [0.2, 0.25) is 0 Å². The molecular formula is C23H26ClN3O4. The highest BCUT2D eigenvalue weighted by molar-refractivity contribution is 6.30. The molecule has 0 aliphatic carbocycles. The van der Waals surface area contributed by atoms with Crippen molar-refractivity contribution in [3.63, 3.8) is 0 Å². The Bertz CT molecular complexity index is 1090. The average Bonchev–Trinajstić information content (AvgIpc) is 3.14. The minimum Gasteiger partial charge on any atom is -0.466 e. The summed E-state index contributed by atoms with van der Waals surface area (Å²) in [6, 6.07) is 5.90. The number of aromatic nitrogens is 3. The first-order valence-electron chi connectivity index (χ1n) is 10.4. The largest absolute Gasteiger partial charge is 0.466 e. The third-order valence-electron chi connectivity index (χ3n) is 4.94. The number of hydrogen-bond acceptors (Lipinski definition) is 6. The molecule has 0 amide bonds. The number of carbonyl (C=O) groups is 2. The highest BCUT2D eigenvalue weighted by Crippen LogP contribution is 2.33. The van der Waals surface area contributed by atoms with E-state index in [0.717, 1.165) is 34.3 Å². The fourth-order valence-corrected chi connectivity index (χ4v) is 3.77. The second-order valence-corrected chi connectivity index (χ2v) is 7.54. The molecule has 0 saturated carbocycles. The van der Waals surface area contributed by atoms with Crippen LogP contribution in [0.15, 0.2) is 30.6 Å². The molecule has 0 N–H and O–H groups in total. The van der Waals surface area contributed by atoms with E-state index < -0.39 is 0 Å². The highest BCUT2D eigenvalue weighted by atomic mass is 35.5. The molecule has 0 radical (unpaired) electrons. The van der Waals surface area contributed by atoms with Crippen LogP contribution in [0.4, 0.5) is 0 Å². The maximum Gasteiger partial charge on any atom is 0.305 e. The highest BCUT2D eigenvalue weighted by Gasteiger charge is 2.20. The Morgan fingerprint density at radius 3 is 2.65 bits per heavy atom. The van der Waals surface area contributed by atoms with Crippen molar-refractivity contribution in [1.82, 2.24) is 14.6 Å². The van der Waals surface area contributed by atoms with Crippen LogP contribution in [0.5, 0.6) is 0 Å². The predicted octanol–water partition coefficient (Wildman–Crippen LogP) is 4.56. The molecule has 3 heterocycles. The summed E-state index contributed by atoms with van der Waals surface area (Å²) in [6.07, 6.45) is 5.56. The van der Waals surface area contributed by atoms with E-state index in [1.54, 1.807) is 19.3 Å². The molecule has 0 unspecified atom stereocenters. The van der Waals surface area contributed by atoms with E-state index >= 15 is 0 Å². The number of pyridine rings is 1. The smallest absolute Gasteiger partial charge is 0.305 e. The van der Waals surface area contributed by atoms with Crippen LogP contribution < -0.4 is 0 Å². The number of rotatable bonds is 9. The third-order valence-corrected chi connectivity index (χ3v) is 5.15. The maximum atomic E-state index is 11.8. The van der Waals surface area contributed by atoms with Crippen molar-refractivity contribution in [2.24, 2.45) is 0 Å². The Balaban J connectivity index is 2.15. The summed E-state index contributed by atoms with van der Waals surface area (Å²) < 4.78 is 12.2. The first-order chi connectivity index (χ1) is 14.9. The zero-order valence-electron chi connectivity index (χ0n) is 18.0. The Hall–Kier alpha value is -2.93. The molecule has 3 rings (SSSR count). The molecule has 0 aromatic carbocycles. The summed E-state index contributed by atoms with van der Waals surface area (Å²) in [5.74, 6) is -0.617. The van der Waals surface area contributed by atoms with Crippen molar-refractivity contribution in [2.45, 2.75) is 53.1 Å². The number of fused-ring (bicyclic) bond motifs is 1. The summed E-state index contributed by atoms with van der Waals surface area (Å²) in [4.78, 5) is 27.6. The molecule has 0 saturated heterocycles. The van der Waals surface area contributed by atoms with Crippen LogP contribution in [-0.4, -0.2) is 33.1 Å². The lowest BCUT2D eigenvalue weighted by Crippen LogP contribution is -2.12. The topological polar surface area (TPSA) is 82.8 Å². The lowest BCUT2D eigenvalue weighted by molar-refractivity contribution is -0.143. The van der Waals surface area contributed by atoms with Crippen molar-refractivity contribution in [3.8, 4) is 11.1 Å². The van der Waals surface area contributed by atoms with Crippen LogP contribution in [0.2, 0.25) is 5.02 Å². The van der Waals surface area contributed by atoms with Crippen LogP contribution in [-0.2, 0) is 38.5 Å². The molecule has 7 nitrogen and oxygen atoms in total. The van der Waals surface area contributed by atoms with Gasteiger partial charge in [-0.15, -0.1) is 0 Å². The second-order valence-electron chi connectivity index (χ2n) is 7.11. The third kappa shape index (κ3) is 5.41. The Kier molecular flexibility index (Phi) is 7.63. The molecule has 0 bridgehead atoms. The van der Waals surface area contributed by atoms with Crippen molar-refractivity contribution >= 4 is 29.1 Å². The molecule has 0 aliphatic rings. The number of nitrogens with zero attached hydrogens (tertiary/aromatic N) is 3. The standard InChI is InChI=1S/C23H26ClN3O4/c1-4-18-9-10-21-23(16-11-17(24)13-25-12-16)19(7-6-8-22(29)30-5-2)20(26-27(18)21)14-31-15(3)28/h9-13H,4-8,14H2,1-3H3. The van der Waals surface area contributed by atoms with Crippen molar-refractivity contribution in [1.29, 1.82) is 0 Å². The van der Waals surface area contributed by atoms with Crippen molar-refractivity contribution in [2.75, 3.05) is 6.61 Å². The van der Waals surface area contributed by atoms with Crippen molar-refractivity contribution < 1.29 is 19.1 Å². The molecule has 3 aromatic heterocycles. The van der Waals surface area contributed by atoms with Gasteiger partial charge in [0, 0.05) is 42.6 Å². The van der Waals surface area contributed by atoms with Gasteiger partial charge in [-0.05, 0) is 49.9 Å². The van der Waals surface area contributed by atoms with Gasteiger partial charge in [0.05, 0.1) is 17.1 Å². The van der Waals surface area contributed by atoms with Gasteiger partial charge in [0.15, 0.2) is 0 Å². The summed E-state index contributed by atoms with van der Waals surface area (Å²) >= 11 is 6.24. The van der Waals surface area contributed by atoms with Gasteiger partial charge >= 0.3 is 11.9 Å². The zero-order chi connectivity index (χ0) is 22.4. The number of hydrogen-bond donors (Lipinski definition) is 0. The zero-order valence-corrected chi connectivity index (χ0v) is 18.7. The lowest BCUT2D eigenvalue weighted by Gasteiger charge is -2.17. The summed E-state index contributed by atoms with van der Waals surface area (Å²) in [6.45, 7) is 5.61. The Morgan fingerprint density at radius 2 is 1.97 bits per heavy atom. The van der Waals surface area contributed by atoms with Gasteiger partial charge in [0.1, 0.15) is 12.3 Å². The van der Waals surface area contributed by atoms with Gasteiger partial charge in [-0.3, -0.25) is 14.6 Å². The molecule has 0 atom stereocenters. The Labute approximate surface area is 186 Å². The SMILES string of the molecule is CCOC(=O)CCCc1c(COC(C)=O)nn2c(CC)ccc2c1-c1cncc(Cl)c1. The number of ether oxygens (including phenoxy) is 2. The molecule has 31 heavy (non-hydrogen) atoms. The number of aryl methyl sites for hydroxylation is 1. The molecule has 0 spiro atoms. The monoisotopic (exact) mass is 443 g/mol. The summed E-state index contributed by atoms with van der Waals surface area (Å²) in [7, 11) is 0. The van der Waals surface area contributed by atoms with Crippen LogP contribution in [0, 0.1) is 0 Å².